The molecule has 0 N–H and O–H groups in total. The van der Waals surface area contributed by atoms with Crippen LogP contribution in [0.1, 0.15) is 11.3 Å². The monoisotopic (exact) mass is 198 g/mol. The molecule has 74 valence electrons. The number of fused-ring (bicyclic) bond motifs is 1. The molecule has 0 unspecified atom stereocenters. The molecule has 0 spiro atoms. The summed E-state index contributed by atoms with van der Waals surface area (Å²) in [6.45, 7) is 5.48. The Hall–Kier alpha value is -2.33. The summed E-state index contributed by atoms with van der Waals surface area (Å²) in [6, 6.07) is 0. The van der Waals surface area contributed by atoms with Crippen molar-refractivity contribution in [2.45, 2.75) is 6.92 Å². The van der Waals surface area contributed by atoms with Crippen LogP contribution in [0, 0.1) is 31.1 Å². The zero-order chi connectivity index (χ0) is 11.4. The number of hydrogen-bond donors (Lipinski definition) is 0. The van der Waals surface area contributed by atoms with Crippen molar-refractivity contribution in [1.82, 2.24) is 14.8 Å². The van der Waals surface area contributed by atoms with Crippen LogP contribution in [0.25, 0.3) is 10.9 Å². The SMILES string of the molecule is C#Cc1nn(C)c2cncc(C)c12.C#N. The van der Waals surface area contributed by atoms with E-state index in [1.807, 2.05) is 14.0 Å². The minimum absolute atomic E-state index is 0.692. The Balaban J connectivity index is 0.000000531. The zero-order valence-corrected chi connectivity index (χ0v) is 8.60. The van der Waals surface area contributed by atoms with Gasteiger partial charge in [0.1, 0.15) is 5.69 Å². The van der Waals surface area contributed by atoms with E-state index in [0.29, 0.717) is 5.69 Å². The van der Waals surface area contributed by atoms with Crippen molar-refractivity contribution in [3.05, 3.63) is 23.7 Å². The fourth-order valence-corrected chi connectivity index (χ4v) is 1.46. The molecule has 2 rings (SSSR count). The number of aryl methyl sites for hydroxylation is 2. The molecular weight excluding hydrogens is 188 g/mol. The van der Waals surface area contributed by atoms with E-state index in [9.17, 15) is 0 Å². The van der Waals surface area contributed by atoms with Gasteiger partial charge in [-0.2, -0.15) is 5.10 Å². The smallest absolute Gasteiger partial charge is 0.143 e. The molecule has 0 saturated heterocycles. The molecular formula is C11H10N4. The van der Waals surface area contributed by atoms with E-state index in [2.05, 4.69) is 22.6 Å². The maximum atomic E-state index is 6.50. The summed E-state index contributed by atoms with van der Waals surface area (Å²) in [5.41, 5.74) is 2.74. The van der Waals surface area contributed by atoms with Crippen molar-refractivity contribution < 1.29 is 0 Å². The van der Waals surface area contributed by atoms with Crippen LogP contribution >= 0.6 is 0 Å². The Kier molecular flexibility index (Phi) is 3.05. The van der Waals surface area contributed by atoms with Gasteiger partial charge in [-0.25, -0.2) is 5.26 Å². The lowest BCUT2D eigenvalue weighted by Gasteiger charge is -1.94. The summed E-state index contributed by atoms with van der Waals surface area (Å²) in [5.74, 6) is 2.57. The predicted octanol–water partition coefficient (Wildman–Crippen LogP) is 1.40. The Bertz CT molecular complexity index is 543. The van der Waals surface area contributed by atoms with Gasteiger partial charge < -0.3 is 0 Å². The first-order valence-electron chi connectivity index (χ1n) is 4.24. The van der Waals surface area contributed by atoms with E-state index in [4.69, 9.17) is 11.7 Å². The highest BCUT2D eigenvalue weighted by molar-refractivity contribution is 5.86. The third-order valence-electron chi connectivity index (χ3n) is 2.09. The summed E-state index contributed by atoms with van der Waals surface area (Å²) >= 11 is 0. The van der Waals surface area contributed by atoms with Crippen LogP contribution in [0.4, 0.5) is 0 Å². The molecule has 2 aromatic rings. The highest BCUT2D eigenvalue weighted by Crippen LogP contribution is 2.19. The fraction of sp³-hybridized carbons (Fsp3) is 0.182. The molecule has 0 aliphatic heterocycles. The van der Waals surface area contributed by atoms with Crippen LogP contribution < -0.4 is 0 Å². The molecule has 2 heterocycles. The topological polar surface area (TPSA) is 54.5 Å². The van der Waals surface area contributed by atoms with Crippen molar-refractivity contribution in [1.29, 1.82) is 5.26 Å². The quantitative estimate of drug-likeness (QED) is 0.601. The fourth-order valence-electron chi connectivity index (χ4n) is 1.46. The van der Waals surface area contributed by atoms with Crippen molar-refractivity contribution in [2.24, 2.45) is 7.05 Å². The Morgan fingerprint density at radius 1 is 1.40 bits per heavy atom. The van der Waals surface area contributed by atoms with Gasteiger partial charge in [-0.3, -0.25) is 9.67 Å². The normalized spacial score (nSPS) is 9.00. The zero-order valence-electron chi connectivity index (χ0n) is 8.60. The third-order valence-corrected chi connectivity index (χ3v) is 2.09. The molecule has 0 aliphatic carbocycles. The highest BCUT2D eigenvalue weighted by atomic mass is 15.3. The predicted molar refractivity (Wildman–Crippen MR) is 57.9 cm³/mol. The van der Waals surface area contributed by atoms with Gasteiger partial charge in [-0.05, 0) is 18.4 Å². The first-order chi connectivity index (χ1) is 7.24. The first-order valence-corrected chi connectivity index (χ1v) is 4.24. The number of pyridine rings is 1. The molecule has 0 aromatic carbocycles. The van der Waals surface area contributed by atoms with Gasteiger partial charge >= 0.3 is 0 Å². The van der Waals surface area contributed by atoms with Crippen LogP contribution in [0.3, 0.4) is 0 Å². The van der Waals surface area contributed by atoms with E-state index in [-0.39, 0.29) is 0 Å². The summed E-state index contributed by atoms with van der Waals surface area (Å²) in [4.78, 5) is 4.09. The van der Waals surface area contributed by atoms with Crippen molar-refractivity contribution in [2.75, 3.05) is 0 Å². The molecule has 2 aromatic heterocycles. The van der Waals surface area contributed by atoms with Crippen LogP contribution in [-0.2, 0) is 7.05 Å². The maximum absolute atomic E-state index is 6.50. The lowest BCUT2D eigenvalue weighted by atomic mass is 10.1. The molecule has 0 amide bonds. The second-order valence-electron chi connectivity index (χ2n) is 2.97. The summed E-state index contributed by atoms with van der Waals surface area (Å²) in [6.07, 6.45) is 8.92. The molecule has 0 aliphatic rings. The van der Waals surface area contributed by atoms with Crippen molar-refractivity contribution in [3.8, 4) is 18.9 Å². The first kappa shape index (κ1) is 10.7. The van der Waals surface area contributed by atoms with Gasteiger partial charge in [0.15, 0.2) is 0 Å². The second-order valence-corrected chi connectivity index (χ2v) is 2.97. The molecule has 0 atom stereocenters. The number of nitriles is 1. The molecule has 0 bridgehead atoms. The van der Waals surface area contributed by atoms with Gasteiger partial charge in [0, 0.05) is 25.2 Å². The number of aromatic nitrogens is 3. The van der Waals surface area contributed by atoms with E-state index < -0.39 is 0 Å². The van der Waals surface area contributed by atoms with E-state index in [0.717, 1.165) is 16.5 Å². The lowest BCUT2D eigenvalue weighted by Crippen LogP contribution is -1.89. The van der Waals surface area contributed by atoms with Gasteiger partial charge in [0.25, 0.3) is 0 Å². The number of hydrogen-bond acceptors (Lipinski definition) is 3. The minimum Gasteiger partial charge on any atom is -0.265 e. The highest BCUT2D eigenvalue weighted by Gasteiger charge is 2.08. The second kappa shape index (κ2) is 4.26. The molecule has 0 fully saturated rings. The average molecular weight is 198 g/mol. The lowest BCUT2D eigenvalue weighted by molar-refractivity contribution is 0.791. The Morgan fingerprint density at radius 2 is 2.07 bits per heavy atom. The maximum Gasteiger partial charge on any atom is 0.143 e. The molecule has 15 heavy (non-hydrogen) atoms. The summed E-state index contributed by atoms with van der Waals surface area (Å²) < 4.78 is 1.75. The molecule has 0 radical (unpaired) electrons. The van der Waals surface area contributed by atoms with E-state index in [1.165, 1.54) is 0 Å². The summed E-state index contributed by atoms with van der Waals surface area (Å²) in [5, 5.41) is 11.7. The van der Waals surface area contributed by atoms with Crippen LogP contribution in [0.15, 0.2) is 12.4 Å². The number of rotatable bonds is 0. The van der Waals surface area contributed by atoms with Gasteiger partial charge in [-0.1, -0.05) is 0 Å². The molecule has 4 heteroatoms. The minimum atomic E-state index is 0.692. The number of nitrogens with zero attached hydrogens (tertiary/aromatic N) is 4. The van der Waals surface area contributed by atoms with Gasteiger partial charge in [-0.15, -0.1) is 6.42 Å². The van der Waals surface area contributed by atoms with Gasteiger partial charge in [0.2, 0.25) is 0 Å². The largest absolute Gasteiger partial charge is 0.265 e. The molecule has 4 nitrogen and oxygen atoms in total. The van der Waals surface area contributed by atoms with Gasteiger partial charge in [0.05, 0.1) is 11.7 Å². The van der Waals surface area contributed by atoms with Crippen molar-refractivity contribution in [3.63, 3.8) is 0 Å². The van der Waals surface area contributed by atoms with Crippen LogP contribution in [0.5, 0.6) is 0 Å². The van der Waals surface area contributed by atoms with E-state index in [1.54, 1.807) is 17.1 Å². The van der Waals surface area contributed by atoms with Crippen LogP contribution in [-0.4, -0.2) is 14.8 Å². The van der Waals surface area contributed by atoms with Crippen LogP contribution in [0.2, 0.25) is 0 Å². The average Bonchev–Trinajstić information content (AvgIpc) is 2.60. The number of terminal acetylenes is 1. The third kappa shape index (κ3) is 1.66. The Morgan fingerprint density at radius 3 is 2.67 bits per heavy atom. The Labute approximate surface area is 88.2 Å². The molecule has 0 saturated carbocycles. The standard InChI is InChI=1S/C10H9N3.CHN/c1-4-8-10-7(2)5-11-6-9(10)13(3)12-8;1-2/h1,5-6H,2-3H3;1H. The van der Waals surface area contributed by atoms with E-state index >= 15 is 0 Å². The summed E-state index contributed by atoms with van der Waals surface area (Å²) in [7, 11) is 1.87. The van der Waals surface area contributed by atoms with Crippen molar-refractivity contribution >= 4 is 10.9 Å².